The zero-order valence-corrected chi connectivity index (χ0v) is 24.9. The quantitative estimate of drug-likeness (QED) is 0.421. The van der Waals surface area contributed by atoms with Gasteiger partial charge in [0.1, 0.15) is 15.0 Å². The van der Waals surface area contributed by atoms with E-state index in [1.807, 2.05) is 13.8 Å². The number of hydrogen-bond acceptors (Lipinski definition) is 5. The third-order valence-electron chi connectivity index (χ3n) is 5.55. The van der Waals surface area contributed by atoms with Gasteiger partial charge in [-0.1, -0.05) is 65.0 Å². The minimum absolute atomic E-state index is 0. The van der Waals surface area contributed by atoms with Gasteiger partial charge in [0.2, 0.25) is 5.91 Å². The summed E-state index contributed by atoms with van der Waals surface area (Å²) in [5.41, 5.74) is 0.907. The summed E-state index contributed by atoms with van der Waals surface area (Å²) < 4.78 is 32.2. The van der Waals surface area contributed by atoms with Crippen LogP contribution in [0.5, 0.6) is 0 Å². The Morgan fingerprint density at radius 2 is 1.45 bits per heavy atom. The van der Waals surface area contributed by atoms with Crippen molar-refractivity contribution in [2.45, 2.75) is 92.4 Å². The monoisotopic (exact) mass is 495 g/mol. The van der Waals surface area contributed by atoms with E-state index in [-0.39, 0.29) is 35.5 Å². The average Bonchev–Trinajstić information content (AvgIpc) is 2.72. The summed E-state index contributed by atoms with van der Waals surface area (Å²) in [5, 5.41) is 10.6. The number of carbonyl (C=O) groups is 2. The van der Waals surface area contributed by atoms with E-state index in [9.17, 15) is 22.6 Å². The van der Waals surface area contributed by atoms with Crippen LogP contribution in [0, 0.1) is 11.3 Å². The summed E-state index contributed by atoms with van der Waals surface area (Å²) >= 11 is 0. The summed E-state index contributed by atoms with van der Waals surface area (Å²) in [4.78, 5) is 19.8. The number of carboxylic acids is 1. The Balaban J connectivity index is -0.000000420. The molecule has 0 saturated carbocycles. The molecule has 0 fully saturated rings. The molecule has 7 nitrogen and oxygen atoms in total. The van der Waals surface area contributed by atoms with E-state index in [1.54, 1.807) is 20.8 Å². The first-order valence-corrected chi connectivity index (χ1v) is 12.4. The molecule has 0 spiro atoms. The van der Waals surface area contributed by atoms with Gasteiger partial charge in [-0.25, -0.2) is 8.42 Å². The molecule has 0 aliphatic rings. The Hall–Kier alpha value is -0.930. The van der Waals surface area contributed by atoms with Crippen LogP contribution in [0.3, 0.4) is 0 Å². The van der Waals surface area contributed by atoms with Gasteiger partial charge in [0.25, 0.3) is 0 Å². The van der Waals surface area contributed by atoms with Crippen molar-refractivity contribution in [3.8, 4) is 0 Å². The Labute approximate surface area is 223 Å². The zero-order chi connectivity index (χ0) is 25.8. The van der Waals surface area contributed by atoms with Gasteiger partial charge in [0.05, 0.1) is 5.41 Å². The fourth-order valence-electron chi connectivity index (χ4n) is 1.84. The van der Waals surface area contributed by atoms with E-state index in [1.165, 1.54) is 25.8 Å². The maximum absolute atomic E-state index is 11.3. The van der Waals surface area contributed by atoms with Crippen LogP contribution >= 0.6 is 0 Å². The SMILES string of the molecule is CCC(C)(C)C(=O)O.CCC(C)C(=O)NC(C)(C)S(=O)(=O)[O-].CCC(C)c1ccccc1.[Na+]. The van der Waals surface area contributed by atoms with Crippen LogP contribution < -0.4 is 34.9 Å². The summed E-state index contributed by atoms with van der Waals surface area (Å²) in [6.45, 7) is 15.6. The first-order chi connectivity index (χ1) is 14.5. The average molecular weight is 496 g/mol. The first-order valence-electron chi connectivity index (χ1n) is 11.0. The molecule has 1 aromatic rings. The van der Waals surface area contributed by atoms with Gasteiger partial charge in [0, 0.05) is 5.92 Å². The summed E-state index contributed by atoms with van der Waals surface area (Å²) in [7, 11) is -4.52. The fourth-order valence-corrected chi connectivity index (χ4v) is 2.06. The summed E-state index contributed by atoms with van der Waals surface area (Å²) in [6.07, 6.45) is 2.51. The third kappa shape index (κ3) is 14.8. The minimum Gasteiger partial charge on any atom is -0.746 e. The molecule has 2 unspecified atom stereocenters. The predicted octanol–water partition coefficient (Wildman–Crippen LogP) is 2.14. The number of aliphatic carboxylic acids is 1. The van der Waals surface area contributed by atoms with Gasteiger partial charge >= 0.3 is 35.5 Å². The van der Waals surface area contributed by atoms with Crippen LogP contribution in [0.1, 0.15) is 93.1 Å². The molecule has 0 aromatic heterocycles. The maximum Gasteiger partial charge on any atom is 1.00 e. The molecule has 0 heterocycles. The van der Waals surface area contributed by atoms with Crippen molar-refractivity contribution in [1.82, 2.24) is 5.32 Å². The van der Waals surface area contributed by atoms with Gasteiger partial charge in [0.15, 0.2) is 0 Å². The molecule has 0 aliphatic carbocycles. The second-order valence-electron chi connectivity index (χ2n) is 9.03. The third-order valence-corrected chi connectivity index (χ3v) is 6.91. The number of hydrogen-bond donors (Lipinski definition) is 2. The topological polar surface area (TPSA) is 124 Å². The normalized spacial score (nSPS) is 13.0. The second-order valence-corrected chi connectivity index (χ2v) is 11.0. The Morgan fingerprint density at radius 3 is 1.73 bits per heavy atom. The molecular formula is C24H42NNaO6S. The molecule has 186 valence electrons. The molecule has 33 heavy (non-hydrogen) atoms. The van der Waals surface area contributed by atoms with Gasteiger partial charge in [-0.05, 0) is 58.4 Å². The Morgan fingerprint density at radius 1 is 1.00 bits per heavy atom. The van der Waals surface area contributed by atoms with Crippen molar-refractivity contribution in [1.29, 1.82) is 0 Å². The molecule has 0 bridgehead atoms. The van der Waals surface area contributed by atoms with Crippen molar-refractivity contribution in [2.75, 3.05) is 0 Å². The minimum atomic E-state index is -4.52. The molecule has 9 heteroatoms. The van der Waals surface area contributed by atoms with Gasteiger partial charge in [-0.3, -0.25) is 9.59 Å². The summed E-state index contributed by atoms with van der Waals surface area (Å²) in [6, 6.07) is 10.6. The molecule has 2 N–H and O–H groups in total. The van der Waals surface area contributed by atoms with Gasteiger partial charge in [-0.2, -0.15) is 0 Å². The molecule has 1 aromatic carbocycles. The standard InChI is InChI=1S/C10H14.C8H17NO4S.C6H12O2.Na/c1-3-9(2)10-7-5-4-6-8-10;1-5-6(2)7(10)9-8(3,4)14(11,12)13;1-4-6(2,3)5(7)8;/h4-9H,3H2,1-2H3;6H,5H2,1-4H3,(H,9,10)(H,11,12,13);4H2,1-3H3,(H,7,8);/q;;;+1/p-1. The zero-order valence-electron chi connectivity index (χ0n) is 22.1. The number of carboxylic acid groups (broad SMARTS) is 1. The van der Waals surface area contributed by atoms with Gasteiger partial charge < -0.3 is 15.0 Å². The van der Waals surface area contributed by atoms with Gasteiger partial charge in [-0.15, -0.1) is 0 Å². The molecule has 1 amide bonds. The number of rotatable bonds is 8. The van der Waals surface area contributed by atoms with Crippen molar-refractivity contribution < 1.29 is 57.2 Å². The van der Waals surface area contributed by atoms with Crippen LogP contribution in [0.25, 0.3) is 0 Å². The van der Waals surface area contributed by atoms with Crippen molar-refractivity contribution in [3.63, 3.8) is 0 Å². The molecule has 2 atom stereocenters. The molecule has 1 rings (SSSR count). The maximum atomic E-state index is 11.3. The van der Waals surface area contributed by atoms with Crippen molar-refractivity contribution >= 4 is 22.0 Å². The number of carbonyl (C=O) groups excluding carboxylic acids is 1. The summed E-state index contributed by atoms with van der Waals surface area (Å²) in [5.74, 6) is -0.728. The largest absolute Gasteiger partial charge is 1.00 e. The van der Waals surface area contributed by atoms with E-state index < -0.39 is 32.3 Å². The van der Waals surface area contributed by atoms with Crippen LogP contribution in [0.2, 0.25) is 0 Å². The molecule has 0 radical (unpaired) electrons. The van der Waals surface area contributed by atoms with Crippen molar-refractivity contribution in [2.24, 2.45) is 11.3 Å². The molecule has 0 aliphatic heterocycles. The van der Waals surface area contributed by atoms with E-state index in [4.69, 9.17) is 5.11 Å². The predicted molar refractivity (Wildman–Crippen MR) is 128 cm³/mol. The number of benzene rings is 1. The smallest absolute Gasteiger partial charge is 0.746 e. The second kappa shape index (κ2) is 16.7. The Kier molecular flexibility index (Phi) is 18.5. The van der Waals surface area contributed by atoms with Crippen LogP contribution in [0.4, 0.5) is 0 Å². The first kappa shape index (κ1) is 36.6. The number of nitrogens with one attached hydrogen (secondary N) is 1. The van der Waals surface area contributed by atoms with E-state index in [0.717, 1.165) is 0 Å². The Bertz CT molecular complexity index is 794. The van der Waals surface area contributed by atoms with Crippen LogP contribution in [0.15, 0.2) is 30.3 Å². The molecular weight excluding hydrogens is 453 g/mol. The van der Waals surface area contributed by atoms with Crippen LogP contribution in [-0.4, -0.2) is 34.8 Å². The molecule has 0 saturated heterocycles. The number of amides is 1. The van der Waals surface area contributed by atoms with Crippen molar-refractivity contribution in [3.05, 3.63) is 35.9 Å². The fraction of sp³-hybridized carbons (Fsp3) is 0.667. The van der Waals surface area contributed by atoms with E-state index >= 15 is 0 Å². The van der Waals surface area contributed by atoms with E-state index in [0.29, 0.717) is 18.8 Å². The van der Waals surface area contributed by atoms with Crippen LogP contribution in [-0.2, 0) is 19.7 Å². The van der Waals surface area contributed by atoms with E-state index in [2.05, 4.69) is 49.5 Å².